The van der Waals surface area contributed by atoms with Crippen molar-refractivity contribution in [3.05, 3.63) is 0 Å². The minimum absolute atomic E-state index is 0.120. The number of carbonyl (C=O) groups is 2. The van der Waals surface area contributed by atoms with Crippen LogP contribution in [0.2, 0.25) is 0 Å². The summed E-state index contributed by atoms with van der Waals surface area (Å²) in [5.74, 6) is -1.64. The molecule has 4 heteroatoms. The number of carbonyl (C=O) groups excluding carboxylic acids is 1. The van der Waals surface area contributed by atoms with Gasteiger partial charge in [0.2, 0.25) is 5.91 Å². The molecule has 2 atom stereocenters. The van der Waals surface area contributed by atoms with Crippen molar-refractivity contribution in [2.45, 2.75) is 59.4 Å². The number of nitrogens with one attached hydrogen (secondary N) is 1. The first kappa shape index (κ1) is 15.0. The van der Waals surface area contributed by atoms with Crippen LogP contribution in [0.5, 0.6) is 0 Å². The van der Waals surface area contributed by atoms with Gasteiger partial charge in [-0.2, -0.15) is 0 Å². The van der Waals surface area contributed by atoms with Crippen LogP contribution >= 0.6 is 0 Å². The number of hydrogen-bond acceptors (Lipinski definition) is 2. The molecule has 1 aliphatic carbocycles. The lowest BCUT2D eigenvalue weighted by atomic mass is 9.80. The fraction of sp³-hybridized carbons (Fsp3) is 0.857. The lowest BCUT2D eigenvalue weighted by molar-refractivity contribution is -0.151. The number of rotatable bonds is 6. The van der Waals surface area contributed by atoms with E-state index in [1.54, 1.807) is 20.8 Å². The van der Waals surface area contributed by atoms with Crippen molar-refractivity contribution in [2.75, 3.05) is 0 Å². The van der Waals surface area contributed by atoms with Gasteiger partial charge < -0.3 is 10.4 Å². The molecule has 0 bridgehead atoms. The molecule has 0 aliphatic heterocycles. The van der Waals surface area contributed by atoms with Gasteiger partial charge in [0.25, 0.3) is 0 Å². The maximum atomic E-state index is 12.1. The van der Waals surface area contributed by atoms with Gasteiger partial charge in [-0.15, -0.1) is 0 Å². The van der Waals surface area contributed by atoms with Gasteiger partial charge in [0.05, 0.1) is 0 Å². The second kappa shape index (κ2) is 5.72. The molecule has 0 heterocycles. The summed E-state index contributed by atoms with van der Waals surface area (Å²) < 4.78 is 0. The van der Waals surface area contributed by atoms with E-state index in [2.05, 4.69) is 5.32 Å². The molecule has 4 nitrogen and oxygen atoms in total. The normalized spacial score (nSPS) is 19.1. The van der Waals surface area contributed by atoms with Gasteiger partial charge in [-0.1, -0.05) is 40.5 Å². The Morgan fingerprint density at radius 1 is 1.33 bits per heavy atom. The van der Waals surface area contributed by atoms with Crippen LogP contribution in [0.15, 0.2) is 0 Å². The van der Waals surface area contributed by atoms with E-state index in [0.29, 0.717) is 0 Å². The molecule has 1 saturated carbocycles. The van der Waals surface area contributed by atoms with E-state index in [0.717, 1.165) is 18.8 Å². The zero-order valence-electron chi connectivity index (χ0n) is 11.8. The largest absolute Gasteiger partial charge is 0.481 e. The van der Waals surface area contributed by atoms with Crippen LogP contribution < -0.4 is 5.32 Å². The zero-order chi connectivity index (χ0) is 13.9. The Morgan fingerprint density at radius 2 is 1.89 bits per heavy atom. The van der Waals surface area contributed by atoms with Crippen molar-refractivity contribution in [1.29, 1.82) is 0 Å². The average molecular weight is 255 g/mol. The summed E-state index contributed by atoms with van der Waals surface area (Å²) in [7, 11) is 0. The predicted octanol–water partition coefficient (Wildman–Crippen LogP) is 2.43. The lowest BCUT2D eigenvalue weighted by Crippen LogP contribution is -2.46. The van der Waals surface area contributed by atoms with E-state index >= 15 is 0 Å². The predicted molar refractivity (Wildman–Crippen MR) is 70.1 cm³/mol. The number of carboxylic acids is 1. The van der Waals surface area contributed by atoms with Crippen LogP contribution in [0.25, 0.3) is 0 Å². The van der Waals surface area contributed by atoms with E-state index in [-0.39, 0.29) is 11.9 Å². The Bertz CT molecular complexity index is 315. The average Bonchev–Trinajstić information content (AvgIpc) is 2.97. The lowest BCUT2D eigenvalue weighted by Gasteiger charge is -2.28. The Balaban J connectivity index is 2.61. The molecule has 0 saturated heterocycles. The van der Waals surface area contributed by atoms with Crippen LogP contribution in [-0.4, -0.2) is 23.0 Å². The molecular weight excluding hydrogens is 230 g/mol. The molecule has 0 radical (unpaired) electrons. The third-order valence-electron chi connectivity index (χ3n) is 3.53. The third kappa shape index (κ3) is 4.31. The van der Waals surface area contributed by atoms with Crippen LogP contribution in [-0.2, 0) is 9.59 Å². The van der Waals surface area contributed by atoms with Gasteiger partial charge in [-0.3, -0.25) is 9.59 Å². The summed E-state index contributed by atoms with van der Waals surface area (Å²) in [5, 5.41) is 12.1. The van der Waals surface area contributed by atoms with Crippen molar-refractivity contribution in [3.63, 3.8) is 0 Å². The van der Waals surface area contributed by atoms with Crippen LogP contribution in [0.1, 0.15) is 53.4 Å². The second-order valence-electron chi connectivity index (χ2n) is 6.43. The van der Waals surface area contributed by atoms with E-state index in [1.165, 1.54) is 12.8 Å². The smallest absolute Gasteiger partial charge is 0.316 e. The first-order valence-corrected chi connectivity index (χ1v) is 6.78. The van der Waals surface area contributed by atoms with Gasteiger partial charge in [0.1, 0.15) is 5.92 Å². The highest BCUT2D eigenvalue weighted by molar-refractivity contribution is 5.97. The minimum atomic E-state index is -1.04. The maximum absolute atomic E-state index is 12.1. The topological polar surface area (TPSA) is 66.4 Å². The molecule has 0 aromatic carbocycles. The third-order valence-corrected chi connectivity index (χ3v) is 3.53. The highest BCUT2D eigenvalue weighted by atomic mass is 16.4. The molecule has 0 aromatic heterocycles. The van der Waals surface area contributed by atoms with E-state index in [9.17, 15) is 14.7 Å². The Kier molecular flexibility index (Phi) is 4.77. The Morgan fingerprint density at radius 3 is 2.22 bits per heavy atom. The molecule has 1 aliphatic rings. The monoisotopic (exact) mass is 255 g/mol. The fourth-order valence-electron chi connectivity index (χ4n) is 2.24. The maximum Gasteiger partial charge on any atom is 0.316 e. The van der Waals surface area contributed by atoms with Crippen molar-refractivity contribution in [2.24, 2.45) is 17.3 Å². The van der Waals surface area contributed by atoms with Crippen molar-refractivity contribution >= 4 is 11.9 Å². The van der Waals surface area contributed by atoms with Gasteiger partial charge in [0, 0.05) is 6.04 Å². The molecule has 2 N–H and O–H groups in total. The summed E-state index contributed by atoms with van der Waals surface area (Å²) in [4.78, 5) is 23.3. The fourth-order valence-corrected chi connectivity index (χ4v) is 2.24. The molecular formula is C14H25NO3. The first-order valence-electron chi connectivity index (χ1n) is 6.78. The number of carboxylic acid groups (broad SMARTS) is 1. The molecule has 1 amide bonds. The Labute approximate surface area is 109 Å². The SMILES string of the molecule is CCC(CC1CC1)NC(=O)C(C(=O)O)C(C)(C)C. The summed E-state index contributed by atoms with van der Waals surface area (Å²) in [6.07, 6.45) is 4.33. The summed E-state index contributed by atoms with van der Waals surface area (Å²) in [5.41, 5.74) is -0.562. The summed E-state index contributed by atoms with van der Waals surface area (Å²) >= 11 is 0. The molecule has 1 fully saturated rings. The second-order valence-corrected chi connectivity index (χ2v) is 6.43. The molecule has 2 unspecified atom stereocenters. The van der Waals surface area contributed by atoms with Crippen LogP contribution in [0, 0.1) is 17.3 Å². The van der Waals surface area contributed by atoms with Gasteiger partial charge in [-0.05, 0) is 24.2 Å². The molecule has 18 heavy (non-hydrogen) atoms. The standard InChI is InChI=1S/C14H25NO3/c1-5-10(8-9-6-7-9)15-12(16)11(13(17)18)14(2,3)4/h9-11H,5-8H2,1-4H3,(H,15,16)(H,17,18). The van der Waals surface area contributed by atoms with Gasteiger partial charge in [-0.25, -0.2) is 0 Å². The highest BCUT2D eigenvalue weighted by Gasteiger charge is 2.38. The van der Waals surface area contributed by atoms with Crippen LogP contribution in [0.4, 0.5) is 0 Å². The summed E-state index contributed by atoms with van der Waals surface area (Å²) in [6, 6.07) is 0.120. The number of aliphatic carboxylic acids is 1. The van der Waals surface area contributed by atoms with Crippen molar-refractivity contribution < 1.29 is 14.7 Å². The first-order chi connectivity index (χ1) is 8.25. The molecule has 104 valence electrons. The van der Waals surface area contributed by atoms with Crippen molar-refractivity contribution in [3.8, 4) is 0 Å². The van der Waals surface area contributed by atoms with E-state index in [1.807, 2.05) is 6.92 Å². The van der Waals surface area contributed by atoms with Crippen molar-refractivity contribution in [1.82, 2.24) is 5.32 Å². The van der Waals surface area contributed by atoms with Gasteiger partial charge >= 0.3 is 5.97 Å². The molecule has 1 rings (SSSR count). The van der Waals surface area contributed by atoms with Gasteiger partial charge in [0.15, 0.2) is 0 Å². The zero-order valence-corrected chi connectivity index (χ0v) is 11.8. The molecule has 0 spiro atoms. The highest BCUT2D eigenvalue weighted by Crippen LogP contribution is 2.34. The van der Waals surface area contributed by atoms with E-state index in [4.69, 9.17) is 0 Å². The Hall–Kier alpha value is -1.06. The number of hydrogen-bond donors (Lipinski definition) is 2. The van der Waals surface area contributed by atoms with Crippen LogP contribution in [0.3, 0.4) is 0 Å². The quantitative estimate of drug-likeness (QED) is 0.716. The van der Waals surface area contributed by atoms with E-state index < -0.39 is 17.3 Å². The molecule has 0 aromatic rings. The minimum Gasteiger partial charge on any atom is -0.481 e. The summed E-state index contributed by atoms with van der Waals surface area (Å²) in [6.45, 7) is 7.38. The number of amides is 1.